The van der Waals surface area contributed by atoms with Crippen molar-refractivity contribution in [2.75, 3.05) is 10.2 Å². The molecule has 11 heteroatoms. The first-order chi connectivity index (χ1) is 20.4. The number of fused-ring (bicyclic) bond motifs is 3. The predicted octanol–water partition coefficient (Wildman–Crippen LogP) is 5.03. The molecule has 208 valence electrons. The quantitative estimate of drug-likeness (QED) is 0.286. The second-order valence-corrected chi connectivity index (χ2v) is 12.1. The largest absolute Gasteiger partial charge is 0.324 e. The number of rotatable bonds is 5. The predicted molar refractivity (Wildman–Crippen MR) is 159 cm³/mol. The number of benzene rings is 3. The number of amides is 3. The van der Waals surface area contributed by atoms with Gasteiger partial charge in [0.2, 0.25) is 17.7 Å². The van der Waals surface area contributed by atoms with Crippen LogP contribution in [-0.4, -0.2) is 32.5 Å². The summed E-state index contributed by atoms with van der Waals surface area (Å²) in [6, 6.07) is 22.0. The van der Waals surface area contributed by atoms with Gasteiger partial charge in [-0.25, -0.2) is 9.29 Å². The van der Waals surface area contributed by atoms with Crippen molar-refractivity contribution in [2.45, 2.75) is 22.7 Å². The molecule has 2 aliphatic rings. The number of hydrogen-bond donors (Lipinski definition) is 1. The molecule has 1 N–H and O–H groups in total. The van der Waals surface area contributed by atoms with Crippen molar-refractivity contribution in [3.8, 4) is 0 Å². The number of anilines is 2. The number of halogens is 1. The Hall–Kier alpha value is -4.61. The zero-order valence-electron chi connectivity index (χ0n) is 21.8. The van der Waals surface area contributed by atoms with Crippen molar-refractivity contribution in [1.82, 2.24) is 9.55 Å². The molecular formula is C31H21FN4O4S2. The number of thiazole rings is 1. The van der Waals surface area contributed by atoms with Gasteiger partial charge in [0.1, 0.15) is 17.6 Å². The van der Waals surface area contributed by atoms with Gasteiger partial charge < -0.3 is 5.32 Å². The lowest BCUT2D eigenvalue weighted by Gasteiger charge is -2.30. The van der Waals surface area contributed by atoms with Gasteiger partial charge in [-0.2, -0.15) is 0 Å². The molecule has 0 radical (unpaired) electrons. The minimum atomic E-state index is -0.846. The Labute approximate surface area is 246 Å². The van der Waals surface area contributed by atoms with Crippen LogP contribution in [0.15, 0.2) is 101 Å². The molecule has 1 saturated heterocycles. The summed E-state index contributed by atoms with van der Waals surface area (Å²) in [5.41, 5.74) is 1.59. The molecule has 5 aromatic rings. The molecule has 0 saturated carbocycles. The van der Waals surface area contributed by atoms with Crippen LogP contribution in [0, 0.1) is 11.7 Å². The van der Waals surface area contributed by atoms with Crippen molar-refractivity contribution in [2.24, 2.45) is 5.92 Å². The van der Waals surface area contributed by atoms with Crippen molar-refractivity contribution in [3.63, 3.8) is 0 Å². The van der Waals surface area contributed by atoms with E-state index in [1.807, 2.05) is 42.5 Å². The second kappa shape index (κ2) is 10.3. The summed E-state index contributed by atoms with van der Waals surface area (Å²) >= 11 is 2.09. The van der Waals surface area contributed by atoms with Gasteiger partial charge in [0.25, 0.3) is 0 Å². The fraction of sp³-hybridized carbons (Fsp3) is 0.129. The van der Waals surface area contributed by atoms with Crippen molar-refractivity contribution in [3.05, 3.63) is 117 Å². The average molecular weight is 597 g/mol. The maximum absolute atomic E-state index is 13.8. The summed E-state index contributed by atoms with van der Waals surface area (Å²) in [5, 5.41) is 4.40. The smallest absolute Gasteiger partial charge is 0.308 e. The molecule has 2 unspecified atom stereocenters. The third kappa shape index (κ3) is 4.32. The Kier molecular flexibility index (Phi) is 6.47. The monoisotopic (exact) mass is 596 g/mol. The van der Waals surface area contributed by atoms with Crippen LogP contribution in [0.25, 0.3) is 10.8 Å². The van der Waals surface area contributed by atoms with E-state index in [-0.39, 0.29) is 17.1 Å². The number of thioether (sulfide) groups is 1. The minimum absolute atomic E-state index is 0.262. The number of imide groups is 1. The second-order valence-electron chi connectivity index (χ2n) is 10.0. The highest BCUT2D eigenvalue weighted by atomic mass is 32.2. The zero-order valence-corrected chi connectivity index (χ0v) is 23.4. The first-order valence-corrected chi connectivity index (χ1v) is 14.8. The normalized spacial score (nSPS) is 19.5. The minimum Gasteiger partial charge on any atom is -0.324 e. The Bertz CT molecular complexity index is 1940. The molecule has 0 bridgehead atoms. The van der Waals surface area contributed by atoms with E-state index in [1.54, 1.807) is 24.5 Å². The molecule has 1 fully saturated rings. The summed E-state index contributed by atoms with van der Waals surface area (Å²) in [6.07, 6.45) is 3.23. The van der Waals surface area contributed by atoms with Gasteiger partial charge in [0, 0.05) is 34.3 Å². The molecule has 4 heterocycles. The molecule has 3 aromatic carbocycles. The van der Waals surface area contributed by atoms with Gasteiger partial charge >= 0.3 is 4.87 Å². The molecule has 0 spiro atoms. The highest BCUT2D eigenvalue weighted by molar-refractivity contribution is 8.00. The number of aromatic nitrogens is 2. The van der Waals surface area contributed by atoms with Crippen molar-refractivity contribution in [1.29, 1.82) is 0 Å². The number of hydrogen-bond acceptors (Lipinski definition) is 7. The third-order valence-corrected chi connectivity index (χ3v) is 10.1. The lowest BCUT2D eigenvalue weighted by molar-refractivity contribution is -0.122. The van der Waals surface area contributed by atoms with Crippen molar-refractivity contribution < 1.29 is 18.8 Å². The highest BCUT2D eigenvalue weighted by Gasteiger charge is 2.56. The van der Waals surface area contributed by atoms with E-state index < -0.39 is 40.6 Å². The standard InChI is InChI=1S/C31H21FN4O4S2/c32-19-10-12-20(13-11-19)36-28(38)25-24(18-7-4-14-33-15-18)27-30(41-26(25)29(36)39)35(31(40)42-27)16-23(37)34-22-9-3-6-17-5-1-2-8-21(17)22/h1-15,24-26H,16H2,(H,34,37)/t24-,25?,26?/m1/s1. The molecular weight excluding hydrogens is 575 g/mol. The maximum atomic E-state index is 13.8. The van der Waals surface area contributed by atoms with Crippen LogP contribution in [0.1, 0.15) is 16.4 Å². The van der Waals surface area contributed by atoms with Gasteiger partial charge in [-0.1, -0.05) is 65.6 Å². The Morgan fingerprint density at radius 1 is 0.929 bits per heavy atom. The van der Waals surface area contributed by atoms with Gasteiger partial charge in [0.05, 0.1) is 16.6 Å². The SMILES string of the molecule is O=C(Cn1c2c(sc1=O)[C@H](c1cccnc1)C1C(=O)N(c3ccc(F)cc3)C(=O)C1S2)Nc1cccc2ccccc12. The van der Waals surface area contributed by atoms with Gasteiger partial charge in [-0.05, 0) is 47.3 Å². The van der Waals surface area contributed by atoms with E-state index in [1.165, 1.54) is 28.8 Å². The van der Waals surface area contributed by atoms with Crippen LogP contribution in [-0.2, 0) is 20.9 Å². The van der Waals surface area contributed by atoms with E-state index in [9.17, 15) is 23.6 Å². The van der Waals surface area contributed by atoms with Gasteiger partial charge in [-0.3, -0.25) is 28.7 Å². The molecule has 7 rings (SSSR count). The van der Waals surface area contributed by atoms with Crippen LogP contribution < -0.4 is 15.1 Å². The molecule has 42 heavy (non-hydrogen) atoms. The molecule has 8 nitrogen and oxygen atoms in total. The number of carbonyl (C=O) groups is 3. The van der Waals surface area contributed by atoms with Crippen LogP contribution in [0.5, 0.6) is 0 Å². The fourth-order valence-corrected chi connectivity index (χ4v) is 8.46. The van der Waals surface area contributed by atoms with Crippen molar-refractivity contribution >= 4 is 63.0 Å². The van der Waals surface area contributed by atoms with E-state index in [0.29, 0.717) is 21.2 Å². The fourth-order valence-electron chi connectivity index (χ4n) is 5.69. The van der Waals surface area contributed by atoms with E-state index in [4.69, 9.17) is 0 Å². The summed E-state index contributed by atoms with van der Waals surface area (Å²) in [7, 11) is 0. The molecule has 0 aliphatic carbocycles. The Balaban J connectivity index is 1.27. The average Bonchev–Trinajstić information content (AvgIpc) is 3.44. The summed E-state index contributed by atoms with van der Waals surface area (Å²) in [5.74, 6) is -3.18. The lowest BCUT2D eigenvalue weighted by atomic mass is 9.84. The van der Waals surface area contributed by atoms with Gasteiger partial charge in [0.15, 0.2) is 0 Å². The van der Waals surface area contributed by atoms with Crippen LogP contribution in [0.3, 0.4) is 0 Å². The Morgan fingerprint density at radius 2 is 1.71 bits per heavy atom. The Morgan fingerprint density at radius 3 is 2.50 bits per heavy atom. The number of pyridine rings is 1. The number of nitrogens with zero attached hydrogens (tertiary/aromatic N) is 3. The maximum Gasteiger partial charge on any atom is 0.308 e. The topological polar surface area (TPSA) is 101 Å². The van der Waals surface area contributed by atoms with E-state index in [2.05, 4.69) is 10.3 Å². The molecule has 2 aromatic heterocycles. The molecule has 3 amide bonds. The lowest BCUT2D eigenvalue weighted by Crippen LogP contribution is -2.33. The first-order valence-electron chi connectivity index (χ1n) is 13.1. The summed E-state index contributed by atoms with van der Waals surface area (Å²) in [6.45, 7) is -0.262. The summed E-state index contributed by atoms with van der Waals surface area (Å²) in [4.78, 5) is 59.8. The van der Waals surface area contributed by atoms with Gasteiger partial charge in [-0.15, -0.1) is 0 Å². The summed E-state index contributed by atoms with van der Waals surface area (Å²) < 4.78 is 15.0. The third-order valence-electron chi connectivity index (χ3n) is 7.54. The number of carbonyl (C=O) groups excluding carboxylic acids is 3. The highest BCUT2D eigenvalue weighted by Crippen LogP contribution is 2.53. The van der Waals surface area contributed by atoms with Crippen LogP contribution in [0.4, 0.5) is 15.8 Å². The van der Waals surface area contributed by atoms with E-state index >= 15 is 0 Å². The number of nitrogens with one attached hydrogen (secondary N) is 1. The molecule has 3 atom stereocenters. The van der Waals surface area contributed by atoms with Crippen LogP contribution >= 0.6 is 23.1 Å². The first kappa shape index (κ1) is 26.3. The van der Waals surface area contributed by atoms with E-state index in [0.717, 1.165) is 38.8 Å². The zero-order chi connectivity index (χ0) is 29.0. The van der Waals surface area contributed by atoms with Crippen LogP contribution in [0.2, 0.25) is 0 Å². The molecule has 2 aliphatic heterocycles.